The van der Waals surface area contributed by atoms with Crippen LogP contribution in [0.4, 0.5) is 17.5 Å². The van der Waals surface area contributed by atoms with Gasteiger partial charge in [-0.25, -0.2) is 15.0 Å². The molecule has 2 aromatic rings. The molecule has 2 N–H and O–H groups in total. The van der Waals surface area contributed by atoms with Crippen LogP contribution < -0.4 is 10.6 Å². The molecular weight excluding hydrogens is 260 g/mol. The maximum absolute atomic E-state index is 10.8. The van der Waals surface area contributed by atoms with Gasteiger partial charge in [0, 0.05) is 37.7 Å². The van der Waals surface area contributed by atoms with Crippen LogP contribution in [0.25, 0.3) is 0 Å². The van der Waals surface area contributed by atoms with Crippen molar-refractivity contribution in [3.05, 3.63) is 46.9 Å². The number of aromatic nitrogens is 3. The lowest BCUT2D eigenvalue weighted by Gasteiger charge is -2.06. The fourth-order valence-corrected chi connectivity index (χ4v) is 1.57. The highest BCUT2D eigenvalue weighted by atomic mass is 16.6. The van der Waals surface area contributed by atoms with Crippen molar-refractivity contribution in [3.8, 4) is 0 Å². The van der Waals surface area contributed by atoms with Crippen LogP contribution in [0.5, 0.6) is 0 Å². The number of hydrogen-bond donors (Lipinski definition) is 2. The molecule has 0 aliphatic heterocycles. The third-order valence-electron chi connectivity index (χ3n) is 2.48. The molecule has 0 amide bonds. The van der Waals surface area contributed by atoms with E-state index in [9.17, 15) is 10.1 Å². The average Bonchev–Trinajstić information content (AvgIpc) is 2.48. The van der Waals surface area contributed by atoms with Gasteiger partial charge >= 0.3 is 5.69 Å². The number of nitrogens with zero attached hydrogens (tertiary/aromatic N) is 4. The fraction of sp³-hybridized carbons (Fsp3) is 0.250. The van der Waals surface area contributed by atoms with Gasteiger partial charge in [-0.1, -0.05) is 0 Å². The Balaban J connectivity index is 1.75. The Hall–Kier alpha value is -2.77. The third-order valence-corrected chi connectivity index (χ3v) is 2.48. The standard InChI is InChI=1S/C12H14N6O2/c19-18(20)10-4-1-5-13-11(10)14-6-2-7-15-12-16-8-3-9-17-12/h1,3-5,8-9H,2,6-7H2,(H,13,14)(H,15,16,17). The van der Waals surface area contributed by atoms with Crippen molar-refractivity contribution < 1.29 is 4.92 Å². The summed E-state index contributed by atoms with van der Waals surface area (Å²) >= 11 is 0. The molecule has 104 valence electrons. The summed E-state index contributed by atoms with van der Waals surface area (Å²) in [5, 5.41) is 16.8. The summed E-state index contributed by atoms with van der Waals surface area (Å²) in [6, 6.07) is 4.70. The maximum Gasteiger partial charge on any atom is 0.311 e. The van der Waals surface area contributed by atoms with Crippen LogP contribution in [-0.4, -0.2) is 33.0 Å². The summed E-state index contributed by atoms with van der Waals surface area (Å²) in [5.74, 6) is 0.852. The molecule has 0 radical (unpaired) electrons. The third kappa shape index (κ3) is 3.87. The number of nitro groups is 1. The number of anilines is 2. The van der Waals surface area contributed by atoms with Gasteiger partial charge in [0.25, 0.3) is 0 Å². The van der Waals surface area contributed by atoms with Gasteiger partial charge in [-0.3, -0.25) is 10.1 Å². The Morgan fingerprint density at radius 1 is 1.05 bits per heavy atom. The van der Waals surface area contributed by atoms with E-state index in [1.54, 1.807) is 18.5 Å². The highest BCUT2D eigenvalue weighted by Crippen LogP contribution is 2.19. The van der Waals surface area contributed by atoms with E-state index >= 15 is 0 Å². The first-order valence-corrected chi connectivity index (χ1v) is 6.11. The van der Waals surface area contributed by atoms with Crippen LogP contribution in [0.2, 0.25) is 0 Å². The van der Waals surface area contributed by atoms with Crippen molar-refractivity contribution >= 4 is 17.5 Å². The van der Waals surface area contributed by atoms with Gasteiger partial charge in [-0.05, 0) is 18.6 Å². The molecule has 20 heavy (non-hydrogen) atoms. The Morgan fingerprint density at radius 2 is 1.75 bits per heavy atom. The van der Waals surface area contributed by atoms with Gasteiger partial charge in [0.15, 0.2) is 0 Å². The molecule has 2 rings (SSSR count). The average molecular weight is 274 g/mol. The second kappa shape index (κ2) is 6.98. The Kier molecular flexibility index (Phi) is 4.76. The van der Waals surface area contributed by atoms with Gasteiger partial charge in [-0.15, -0.1) is 0 Å². The zero-order valence-electron chi connectivity index (χ0n) is 10.7. The molecule has 0 aromatic carbocycles. The molecular formula is C12H14N6O2. The lowest BCUT2D eigenvalue weighted by Crippen LogP contribution is -2.12. The summed E-state index contributed by atoms with van der Waals surface area (Å²) in [6.07, 6.45) is 5.59. The summed E-state index contributed by atoms with van der Waals surface area (Å²) in [5.41, 5.74) is -0.0214. The predicted molar refractivity (Wildman–Crippen MR) is 74.5 cm³/mol. The zero-order chi connectivity index (χ0) is 14.2. The summed E-state index contributed by atoms with van der Waals surface area (Å²) in [6.45, 7) is 1.23. The Morgan fingerprint density at radius 3 is 2.50 bits per heavy atom. The first-order valence-electron chi connectivity index (χ1n) is 6.11. The first kappa shape index (κ1) is 13.7. The minimum absolute atomic E-state index is 0.0214. The van der Waals surface area contributed by atoms with Gasteiger partial charge in [0.2, 0.25) is 11.8 Å². The van der Waals surface area contributed by atoms with E-state index < -0.39 is 4.92 Å². The van der Waals surface area contributed by atoms with Gasteiger partial charge in [0.05, 0.1) is 4.92 Å². The predicted octanol–water partition coefficient (Wildman–Crippen LogP) is 1.69. The molecule has 0 bridgehead atoms. The van der Waals surface area contributed by atoms with E-state index in [0.717, 1.165) is 6.42 Å². The fourth-order valence-electron chi connectivity index (χ4n) is 1.57. The van der Waals surface area contributed by atoms with Gasteiger partial charge < -0.3 is 10.6 Å². The number of pyridine rings is 1. The molecule has 2 aromatic heterocycles. The van der Waals surface area contributed by atoms with Crippen molar-refractivity contribution in [1.82, 2.24) is 15.0 Å². The normalized spacial score (nSPS) is 10.0. The zero-order valence-corrected chi connectivity index (χ0v) is 10.7. The van der Waals surface area contributed by atoms with Crippen molar-refractivity contribution in [2.45, 2.75) is 6.42 Å². The highest BCUT2D eigenvalue weighted by molar-refractivity contribution is 5.54. The van der Waals surface area contributed by atoms with E-state index in [0.29, 0.717) is 19.0 Å². The minimum Gasteiger partial charge on any atom is -0.364 e. The van der Waals surface area contributed by atoms with Gasteiger partial charge in [-0.2, -0.15) is 0 Å². The van der Waals surface area contributed by atoms with Crippen LogP contribution in [0.15, 0.2) is 36.8 Å². The largest absolute Gasteiger partial charge is 0.364 e. The number of nitrogens with one attached hydrogen (secondary N) is 2. The topological polar surface area (TPSA) is 106 Å². The van der Waals surface area contributed by atoms with Crippen molar-refractivity contribution in [2.75, 3.05) is 23.7 Å². The lowest BCUT2D eigenvalue weighted by atomic mass is 10.3. The van der Waals surface area contributed by atoms with Crippen LogP contribution >= 0.6 is 0 Å². The molecule has 0 fully saturated rings. The second-order valence-electron chi connectivity index (χ2n) is 3.91. The lowest BCUT2D eigenvalue weighted by molar-refractivity contribution is -0.384. The first-order chi connectivity index (χ1) is 9.77. The van der Waals surface area contributed by atoms with E-state index in [-0.39, 0.29) is 11.5 Å². The quantitative estimate of drug-likeness (QED) is 0.449. The van der Waals surface area contributed by atoms with E-state index in [4.69, 9.17) is 0 Å². The number of hydrogen-bond acceptors (Lipinski definition) is 7. The summed E-state index contributed by atoms with van der Waals surface area (Å²) in [4.78, 5) is 22.4. The molecule has 2 heterocycles. The highest BCUT2D eigenvalue weighted by Gasteiger charge is 2.12. The molecule has 8 nitrogen and oxygen atoms in total. The summed E-state index contributed by atoms with van der Waals surface area (Å²) < 4.78 is 0. The molecule has 0 unspecified atom stereocenters. The van der Waals surface area contributed by atoms with Crippen molar-refractivity contribution in [1.29, 1.82) is 0 Å². The van der Waals surface area contributed by atoms with Crippen LogP contribution in [0.1, 0.15) is 6.42 Å². The van der Waals surface area contributed by atoms with Crippen LogP contribution in [0.3, 0.4) is 0 Å². The molecule has 0 spiro atoms. The van der Waals surface area contributed by atoms with E-state index in [2.05, 4.69) is 25.6 Å². The maximum atomic E-state index is 10.8. The van der Waals surface area contributed by atoms with Crippen molar-refractivity contribution in [2.24, 2.45) is 0 Å². The molecule has 0 aliphatic rings. The molecule has 8 heteroatoms. The molecule has 0 saturated heterocycles. The van der Waals surface area contributed by atoms with Gasteiger partial charge in [0.1, 0.15) is 0 Å². The SMILES string of the molecule is O=[N+]([O-])c1cccnc1NCCCNc1ncccn1. The Labute approximate surface area is 115 Å². The summed E-state index contributed by atoms with van der Waals surface area (Å²) in [7, 11) is 0. The minimum atomic E-state index is -0.453. The monoisotopic (exact) mass is 274 g/mol. The van der Waals surface area contributed by atoms with Crippen LogP contribution in [-0.2, 0) is 0 Å². The Bertz CT molecular complexity index is 563. The van der Waals surface area contributed by atoms with E-state index in [1.165, 1.54) is 18.3 Å². The molecule has 0 saturated carbocycles. The van der Waals surface area contributed by atoms with E-state index in [1.807, 2.05) is 0 Å². The van der Waals surface area contributed by atoms with Crippen molar-refractivity contribution in [3.63, 3.8) is 0 Å². The molecule has 0 atom stereocenters. The second-order valence-corrected chi connectivity index (χ2v) is 3.91. The van der Waals surface area contributed by atoms with Crippen LogP contribution in [0, 0.1) is 10.1 Å². The molecule has 0 aliphatic carbocycles. The smallest absolute Gasteiger partial charge is 0.311 e. The number of rotatable bonds is 7.